The molecule has 0 bridgehead atoms. The minimum absolute atomic E-state index is 0.594. The Morgan fingerprint density at radius 2 is 2.15 bits per heavy atom. The highest BCUT2D eigenvalue weighted by atomic mass is 35.5. The molecule has 0 unspecified atom stereocenters. The Hall–Kier alpha value is -0.280. The zero-order valence-electron chi connectivity index (χ0n) is 7.88. The van der Waals surface area contributed by atoms with E-state index in [-0.39, 0.29) is 0 Å². The number of aromatic nitrogens is 2. The maximum absolute atomic E-state index is 5.94. The molecule has 0 aliphatic carbocycles. The van der Waals surface area contributed by atoms with Crippen molar-refractivity contribution >= 4 is 23.4 Å². The van der Waals surface area contributed by atoms with E-state index < -0.39 is 0 Å². The Bertz CT molecular complexity index is 278. The number of hydrogen-bond donors (Lipinski definition) is 0. The van der Waals surface area contributed by atoms with Crippen LogP contribution in [0, 0.1) is 0 Å². The van der Waals surface area contributed by atoms with E-state index in [1.807, 2.05) is 0 Å². The van der Waals surface area contributed by atoms with Gasteiger partial charge < -0.3 is 0 Å². The second kappa shape index (κ2) is 5.45. The van der Waals surface area contributed by atoms with E-state index in [0.717, 1.165) is 29.2 Å². The molecule has 1 heterocycles. The number of rotatable bonds is 4. The molecule has 0 spiro atoms. The van der Waals surface area contributed by atoms with Gasteiger partial charge in [0.05, 0.1) is 0 Å². The minimum Gasteiger partial charge on any atom is -0.230 e. The van der Waals surface area contributed by atoms with Crippen molar-refractivity contribution in [2.45, 2.75) is 31.7 Å². The first-order valence-electron chi connectivity index (χ1n) is 4.41. The maximum Gasteiger partial charge on any atom is 0.136 e. The molecule has 0 aliphatic rings. The van der Waals surface area contributed by atoms with E-state index in [2.05, 4.69) is 23.8 Å². The van der Waals surface area contributed by atoms with Gasteiger partial charge in [-0.15, -0.1) is 11.8 Å². The second-order valence-corrected chi connectivity index (χ2v) is 4.09. The minimum atomic E-state index is 0.594. The van der Waals surface area contributed by atoms with Crippen molar-refractivity contribution in [3.05, 3.63) is 17.0 Å². The summed E-state index contributed by atoms with van der Waals surface area (Å²) in [6, 6.07) is 0. The van der Waals surface area contributed by atoms with Crippen LogP contribution in [0.15, 0.2) is 11.4 Å². The zero-order valence-corrected chi connectivity index (χ0v) is 9.45. The van der Waals surface area contributed by atoms with Crippen LogP contribution in [0.5, 0.6) is 0 Å². The van der Waals surface area contributed by atoms with Crippen LogP contribution in [0.25, 0.3) is 0 Å². The van der Waals surface area contributed by atoms with Crippen molar-refractivity contribution in [3.8, 4) is 0 Å². The van der Waals surface area contributed by atoms with E-state index >= 15 is 0 Å². The van der Waals surface area contributed by atoms with Gasteiger partial charge in [-0.25, -0.2) is 9.97 Å². The maximum atomic E-state index is 5.94. The third-order valence-corrected chi connectivity index (χ3v) is 3.21. The average molecular weight is 217 g/mol. The molecule has 13 heavy (non-hydrogen) atoms. The fourth-order valence-corrected chi connectivity index (χ4v) is 2.25. The molecule has 72 valence electrons. The standard InChI is InChI=1S/C9H13ClN2S/c1-3-5-13-9-7(4-2)8(10)11-6-12-9/h6H,3-5H2,1-2H3. The smallest absolute Gasteiger partial charge is 0.136 e. The molecule has 0 aromatic carbocycles. The van der Waals surface area contributed by atoms with Gasteiger partial charge >= 0.3 is 0 Å². The first-order chi connectivity index (χ1) is 6.29. The second-order valence-electron chi connectivity index (χ2n) is 2.65. The predicted octanol–water partition coefficient (Wildman–Crippen LogP) is 3.19. The molecular formula is C9H13ClN2S. The Morgan fingerprint density at radius 1 is 1.38 bits per heavy atom. The number of halogens is 1. The van der Waals surface area contributed by atoms with Crippen molar-refractivity contribution in [3.63, 3.8) is 0 Å². The lowest BCUT2D eigenvalue weighted by molar-refractivity contribution is 0.941. The largest absolute Gasteiger partial charge is 0.230 e. The Labute approximate surface area is 88.1 Å². The lowest BCUT2D eigenvalue weighted by Crippen LogP contribution is -1.94. The molecule has 0 atom stereocenters. The van der Waals surface area contributed by atoms with Gasteiger partial charge in [0.1, 0.15) is 16.5 Å². The van der Waals surface area contributed by atoms with Gasteiger partial charge in [0.2, 0.25) is 0 Å². The topological polar surface area (TPSA) is 25.8 Å². The molecule has 1 aromatic heterocycles. The molecule has 1 rings (SSSR count). The van der Waals surface area contributed by atoms with Crippen LogP contribution in [0.3, 0.4) is 0 Å². The highest BCUT2D eigenvalue weighted by molar-refractivity contribution is 7.99. The monoisotopic (exact) mass is 216 g/mol. The fraction of sp³-hybridized carbons (Fsp3) is 0.556. The van der Waals surface area contributed by atoms with E-state index in [9.17, 15) is 0 Å². The molecule has 4 heteroatoms. The molecule has 1 aromatic rings. The normalized spacial score (nSPS) is 10.4. The lowest BCUT2D eigenvalue weighted by Gasteiger charge is -2.05. The molecular weight excluding hydrogens is 204 g/mol. The van der Waals surface area contributed by atoms with Gasteiger partial charge in [0.15, 0.2) is 0 Å². The first kappa shape index (κ1) is 10.8. The summed E-state index contributed by atoms with van der Waals surface area (Å²) in [4.78, 5) is 8.17. The summed E-state index contributed by atoms with van der Waals surface area (Å²) in [6.45, 7) is 4.22. The van der Waals surface area contributed by atoms with Crippen LogP contribution >= 0.6 is 23.4 Å². The summed E-state index contributed by atoms with van der Waals surface area (Å²) in [5, 5.41) is 1.63. The van der Waals surface area contributed by atoms with E-state index in [4.69, 9.17) is 11.6 Å². The van der Waals surface area contributed by atoms with E-state index in [1.54, 1.807) is 11.8 Å². The Balaban J connectivity index is 2.85. The van der Waals surface area contributed by atoms with Crippen LogP contribution in [-0.2, 0) is 6.42 Å². The van der Waals surface area contributed by atoms with Gasteiger partial charge in [-0.3, -0.25) is 0 Å². The summed E-state index contributed by atoms with van der Waals surface area (Å²) in [6.07, 6.45) is 3.57. The summed E-state index contributed by atoms with van der Waals surface area (Å²) in [5.74, 6) is 1.08. The number of nitrogens with zero attached hydrogens (tertiary/aromatic N) is 2. The van der Waals surface area contributed by atoms with Gasteiger partial charge in [0, 0.05) is 5.56 Å². The van der Waals surface area contributed by atoms with Crippen LogP contribution in [0.4, 0.5) is 0 Å². The van der Waals surface area contributed by atoms with Crippen LogP contribution in [-0.4, -0.2) is 15.7 Å². The summed E-state index contributed by atoms with van der Waals surface area (Å²) in [7, 11) is 0. The highest BCUT2D eigenvalue weighted by Crippen LogP contribution is 2.25. The van der Waals surface area contributed by atoms with Gasteiger partial charge in [0.25, 0.3) is 0 Å². The summed E-state index contributed by atoms with van der Waals surface area (Å²) < 4.78 is 0. The molecule has 0 fully saturated rings. The van der Waals surface area contributed by atoms with Gasteiger partial charge in [-0.1, -0.05) is 25.4 Å². The molecule has 0 saturated heterocycles. The molecule has 0 saturated carbocycles. The van der Waals surface area contributed by atoms with E-state index in [1.165, 1.54) is 6.33 Å². The third kappa shape index (κ3) is 2.85. The molecule has 2 nitrogen and oxygen atoms in total. The quantitative estimate of drug-likeness (QED) is 0.571. The third-order valence-electron chi connectivity index (χ3n) is 1.65. The molecule has 0 amide bonds. The Morgan fingerprint density at radius 3 is 2.77 bits per heavy atom. The molecule has 0 N–H and O–H groups in total. The summed E-state index contributed by atoms with van der Waals surface area (Å²) >= 11 is 7.69. The van der Waals surface area contributed by atoms with Crippen LogP contribution < -0.4 is 0 Å². The van der Waals surface area contributed by atoms with Crippen molar-refractivity contribution in [2.24, 2.45) is 0 Å². The molecule has 0 radical (unpaired) electrons. The van der Waals surface area contributed by atoms with Crippen LogP contribution in [0.2, 0.25) is 5.15 Å². The van der Waals surface area contributed by atoms with Gasteiger partial charge in [-0.05, 0) is 18.6 Å². The van der Waals surface area contributed by atoms with Crippen molar-refractivity contribution in [1.82, 2.24) is 9.97 Å². The summed E-state index contributed by atoms with van der Waals surface area (Å²) in [5.41, 5.74) is 1.07. The van der Waals surface area contributed by atoms with Crippen molar-refractivity contribution in [1.29, 1.82) is 0 Å². The number of hydrogen-bond acceptors (Lipinski definition) is 3. The number of thioether (sulfide) groups is 1. The SMILES string of the molecule is CCCSc1ncnc(Cl)c1CC. The molecule has 0 aliphatic heterocycles. The fourth-order valence-electron chi connectivity index (χ4n) is 0.996. The first-order valence-corrected chi connectivity index (χ1v) is 5.78. The lowest BCUT2D eigenvalue weighted by atomic mass is 10.3. The average Bonchev–Trinajstić information content (AvgIpc) is 2.15. The predicted molar refractivity (Wildman–Crippen MR) is 57.4 cm³/mol. The highest BCUT2D eigenvalue weighted by Gasteiger charge is 2.07. The van der Waals surface area contributed by atoms with Crippen molar-refractivity contribution in [2.75, 3.05) is 5.75 Å². The van der Waals surface area contributed by atoms with Gasteiger partial charge in [-0.2, -0.15) is 0 Å². The Kier molecular flexibility index (Phi) is 4.53. The van der Waals surface area contributed by atoms with E-state index in [0.29, 0.717) is 5.15 Å². The zero-order chi connectivity index (χ0) is 9.68. The van der Waals surface area contributed by atoms with Crippen LogP contribution in [0.1, 0.15) is 25.8 Å². The van der Waals surface area contributed by atoms with Crippen molar-refractivity contribution < 1.29 is 0 Å².